The number of benzene rings is 1. The van der Waals surface area contributed by atoms with E-state index in [2.05, 4.69) is 5.32 Å². The lowest BCUT2D eigenvalue weighted by atomic mass is 10.1. The fourth-order valence-corrected chi connectivity index (χ4v) is 1.93. The standard InChI is InChI=1S/C10H10N2O2/c11-9-7-3-1-2-4-8(7)10(12-9)13-5-6-14-10/h1-4H,5-6H2,(H2,11,12). The molecular formula is C10H10N2O2. The van der Waals surface area contributed by atoms with Gasteiger partial charge in [-0.1, -0.05) is 24.3 Å². The van der Waals surface area contributed by atoms with Crippen molar-refractivity contribution in [2.24, 2.45) is 0 Å². The lowest BCUT2D eigenvalue weighted by Gasteiger charge is -2.22. The van der Waals surface area contributed by atoms with Crippen molar-refractivity contribution in [3.05, 3.63) is 35.4 Å². The smallest absolute Gasteiger partial charge is 0.279 e. The SMILES string of the molecule is N=C1NC2(OCCO2)c2ccccc21. The van der Waals surface area contributed by atoms with Gasteiger partial charge in [-0.2, -0.15) is 0 Å². The zero-order valence-electron chi connectivity index (χ0n) is 7.54. The molecule has 3 rings (SSSR count). The lowest BCUT2D eigenvalue weighted by molar-refractivity contribution is -0.173. The molecule has 1 aromatic carbocycles. The number of amidine groups is 1. The van der Waals surface area contributed by atoms with E-state index in [0.717, 1.165) is 11.1 Å². The van der Waals surface area contributed by atoms with Gasteiger partial charge in [0.15, 0.2) is 0 Å². The molecule has 2 heterocycles. The molecule has 0 amide bonds. The number of fused-ring (bicyclic) bond motifs is 2. The van der Waals surface area contributed by atoms with E-state index in [1.165, 1.54) is 0 Å². The number of nitrogens with one attached hydrogen (secondary N) is 2. The van der Waals surface area contributed by atoms with Crippen LogP contribution in [0.3, 0.4) is 0 Å². The summed E-state index contributed by atoms with van der Waals surface area (Å²) in [5.74, 6) is -0.518. The van der Waals surface area contributed by atoms with Crippen LogP contribution in [-0.2, 0) is 15.4 Å². The van der Waals surface area contributed by atoms with E-state index in [0.29, 0.717) is 19.0 Å². The van der Waals surface area contributed by atoms with Gasteiger partial charge in [0.1, 0.15) is 5.84 Å². The summed E-state index contributed by atoms with van der Waals surface area (Å²) in [4.78, 5) is 0. The van der Waals surface area contributed by atoms with Crippen molar-refractivity contribution in [3.8, 4) is 0 Å². The van der Waals surface area contributed by atoms with Crippen LogP contribution in [0.5, 0.6) is 0 Å². The highest BCUT2D eigenvalue weighted by atomic mass is 16.8. The monoisotopic (exact) mass is 190 g/mol. The van der Waals surface area contributed by atoms with Gasteiger partial charge >= 0.3 is 0 Å². The van der Waals surface area contributed by atoms with E-state index in [1.807, 2.05) is 24.3 Å². The summed E-state index contributed by atoms with van der Waals surface area (Å²) in [5.41, 5.74) is 1.76. The van der Waals surface area contributed by atoms with Gasteiger partial charge in [-0.3, -0.25) is 5.41 Å². The van der Waals surface area contributed by atoms with Gasteiger partial charge in [0.2, 0.25) is 0 Å². The fraction of sp³-hybridized carbons (Fsp3) is 0.300. The minimum absolute atomic E-state index is 0.363. The van der Waals surface area contributed by atoms with Crippen LogP contribution in [0, 0.1) is 5.41 Å². The van der Waals surface area contributed by atoms with Gasteiger partial charge < -0.3 is 14.8 Å². The Labute approximate surface area is 81.3 Å². The van der Waals surface area contributed by atoms with E-state index in [-0.39, 0.29) is 0 Å². The van der Waals surface area contributed by atoms with Crippen LogP contribution in [-0.4, -0.2) is 19.0 Å². The average Bonchev–Trinajstić information content (AvgIpc) is 2.77. The van der Waals surface area contributed by atoms with Gasteiger partial charge in [0.05, 0.1) is 13.2 Å². The number of hydrogen-bond donors (Lipinski definition) is 2. The largest absolute Gasteiger partial charge is 0.327 e. The highest BCUT2D eigenvalue weighted by Crippen LogP contribution is 2.35. The second kappa shape index (κ2) is 2.56. The topological polar surface area (TPSA) is 54.3 Å². The fourth-order valence-electron chi connectivity index (χ4n) is 1.93. The molecule has 2 N–H and O–H groups in total. The molecule has 2 aliphatic heterocycles. The molecule has 1 spiro atoms. The lowest BCUT2D eigenvalue weighted by Crippen LogP contribution is -2.40. The summed E-state index contributed by atoms with van der Waals surface area (Å²) in [6.07, 6.45) is 0. The maximum absolute atomic E-state index is 7.75. The van der Waals surface area contributed by atoms with Crippen molar-refractivity contribution in [2.45, 2.75) is 5.91 Å². The third kappa shape index (κ3) is 0.867. The normalized spacial score (nSPS) is 22.4. The summed E-state index contributed by atoms with van der Waals surface area (Å²) in [5, 5.41) is 10.7. The van der Waals surface area contributed by atoms with Crippen LogP contribution in [0.2, 0.25) is 0 Å². The van der Waals surface area contributed by atoms with E-state index in [1.54, 1.807) is 0 Å². The van der Waals surface area contributed by atoms with Gasteiger partial charge in [-0.25, -0.2) is 0 Å². The van der Waals surface area contributed by atoms with Gasteiger partial charge in [0.25, 0.3) is 5.91 Å². The Morgan fingerprint density at radius 3 is 2.71 bits per heavy atom. The molecule has 0 aromatic heterocycles. The third-order valence-electron chi connectivity index (χ3n) is 2.53. The molecule has 0 radical (unpaired) electrons. The summed E-state index contributed by atoms with van der Waals surface area (Å²) >= 11 is 0. The molecule has 0 aliphatic carbocycles. The van der Waals surface area contributed by atoms with Gasteiger partial charge in [-0.15, -0.1) is 0 Å². The number of ether oxygens (including phenoxy) is 2. The second-order valence-electron chi connectivity index (χ2n) is 3.36. The van der Waals surface area contributed by atoms with Crippen molar-refractivity contribution in [3.63, 3.8) is 0 Å². The quantitative estimate of drug-likeness (QED) is 0.635. The number of hydrogen-bond acceptors (Lipinski definition) is 3. The highest BCUT2D eigenvalue weighted by Gasteiger charge is 2.46. The predicted octanol–water partition coefficient (Wildman–Crippen LogP) is 0.772. The first-order valence-electron chi connectivity index (χ1n) is 4.56. The molecule has 1 saturated heterocycles. The van der Waals surface area contributed by atoms with Gasteiger partial charge in [-0.05, 0) is 0 Å². The van der Waals surface area contributed by atoms with Crippen LogP contribution in [0.4, 0.5) is 0 Å². The molecule has 72 valence electrons. The molecule has 0 bridgehead atoms. The van der Waals surface area contributed by atoms with Crippen molar-refractivity contribution in [1.29, 1.82) is 5.41 Å². The molecule has 0 unspecified atom stereocenters. The minimum atomic E-state index is -0.881. The molecule has 14 heavy (non-hydrogen) atoms. The van der Waals surface area contributed by atoms with E-state index < -0.39 is 5.91 Å². The Kier molecular flexibility index (Phi) is 1.45. The summed E-state index contributed by atoms with van der Waals surface area (Å²) in [6, 6.07) is 7.65. The molecule has 4 nitrogen and oxygen atoms in total. The Morgan fingerprint density at radius 1 is 1.21 bits per heavy atom. The Bertz CT molecular complexity index is 397. The molecule has 1 aromatic rings. The first kappa shape index (κ1) is 7.96. The summed E-state index contributed by atoms with van der Waals surface area (Å²) in [7, 11) is 0. The van der Waals surface area contributed by atoms with Crippen LogP contribution >= 0.6 is 0 Å². The van der Waals surface area contributed by atoms with Crippen molar-refractivity contribution in [2.75, 3.05) is 13.2 Å². The second-order valence-corrected chi connectivity index (χ2v) is 3.36. The van der Waals surface area contributed by atoms with Crippen molar-refractivity contribution in [1.82, 2.24) is 5.32 Å². The molecule has 2 aliphatic rings. The Morgan fingerprint density at radius 2 is 1.93 bits per heavy atom. The summed E-state index contributed by atoms with van der Waals surface area (Å²) < 4.78 is 11.0. The van der Waals surface area contributed by atoms with E-state index in [9.17, 15) is 0 Å². The van der Waals surface area contributed by atoms with E-state index in [4.69, 9.17) is 14.9 Å². The molecular weight excluding hydrogens is 180 g/mol. The average molecular weight is 190 g/mol. The first-order chi connectivity index (χ1) is 6.82. The maximum Gasteiger partial charge on any atom is 0.279 e. The van der Waals surface area contributed by atoms with Crippen LogP contribution in [0.25, 0.3) is 0 Å². The molecule has 4 heteroatoms. The van der Waals surface area contributed by atoms with Crippen LogP contribution in [0.1, 0.15) is 11.1 Å². The van der Waals surface area contributed by atoms with Gasteiger partial charge in [0, 0.05) is 11.1 Å². The highest BCUT2D eigenvalue weighted by molar-refractivity contribution is 6.01. The van der Waals surface area contributed by atoms with Crippen LogP contribution < -0.4 is 5.32 Å². The van der Waals surface area contributed by atoms with Crippen LogP contribution in [0.15, 0.2) is 24.3 Å². The number of rotatable bonds is 0. The zero-order chi connectivity index (χ0) is 9.60. The molecule has 0 saturated carbocycles. The van der Waals surface area contributed by atoms with Crippen molar-refractivity contribution >= 4 is 5.84 Å². The molecule has 0 atom stereocenters. The summed E-state index contributed by atoms with van der Waals surface area (Å²) in [6.45, 7) is 1.13. The first-order valence-corrected chi connectivity index (χ1v) is 4.56. The minimum Gasteiger partial charge on any atom is -0.327 e. The zero-order valence-corrected chi connectivity index (χ0v) is 7.54. The third-order valence-corrected chi connectivity index (χ3v) is 2.53. The Balaban J connectivity index is 2.18. The Hall–Kier alpha value is -1.39. The van der Waals surface area contributed by atoms with E-state index >= 15 is 0 Å². The maximum atomic E-state index is 7.75. The predicted molar refractivity (Wildman–Crippen MR) is 50.0 cm³/mol. The molecule has 1 fully saturated rings. The van der Waals surface area contributed by atoms with Crippen molar-refractivity contribution < 1.29 is 9.47 Å².